The number of aliphatic hydroxyl groups is 3. The number of Topliss-reactive ketones (excluding diaryl/α,β-unsaturated/α-hetero) is 1. The average Bonchev–Trinajstić information content (AvgIpc) is 3.77. The number of aliphatic carboxylic acids is 1. The summed E-state index contributed by atoms with van der Waals surface area (Å²) in [5.41, 5.74) is 8.63. The second-order valence-corrected chi connectivity index (χ2v) is 19.0. The van der Waals surface area contributed by atoms with Crippen LogP contribution in [0.3, 0.4) is 0 Å². The van der Waals surface area contributed by atoms with Gasteiger partial charge in [0.15, 0.2) is 0 Å². The number of nitrogens with two attached hydrogens (primary N) is 1. The van der Waals surface area contributed by atoms with E-state index in [0.717, 1.165) is 82.7 Å². The number of dihydropyridines is 1. The van der Waals surface area contributed by atoms with E-state index in [1.54, 1.807) is 0 Å². The van der Waals surface area contributed by atoms with Crippen molar-refractivity contribution >= 4 is 11.8 Å². The summed E-state index contributed by atoms with van der Waals surface area (Å²) in [5, 5.41) is 47.8. The maximum Gasteiger partial charge on any atom is 0.309 e. The van der Waals surface area contributed by atoms with Crippen molar-refractivity contribution in [2.24, 2.45) is 47.2 Å². The highest BCUT2D eigenvalue weighted by atomic mass is 16.4. The molecule has 9 nitrogen and oxygen atoms in total. The molecule has 2 fully saturated rings. The first-order valence-electron chi connectivity index (χ1n) is 22.9. The van der Waals surface area contributed by atoms with Gasteiger partial charge in [0.25, 0.3) is 0 Å². The average molecular weight is 792 g/mol. The highest BCUT2D eigenvalue weighted by Crippen LogP contribution is 2.47. The Morgan fingerprint density at radius 1 is 1.02 bits per heavy atom. The normalized spacial score (nSPS) is 29.0. The van der Waals surface area contributed by atoms with Crippen LogP contribution in [0.2, 0.25) is 0 Å². The third-order valence-electron chi connectivity index (χ3n) is 14.5. The SMILES string of the molecule is CCCCCC1C=CC(CCCCCC(C(=O)O)C(O)CCC2(O)CC(CC3=CCNC(N)=C3)CC2Cc2cc(C(C)CC(C)C3CCC(=O)CC3)c[nH]2)C(O)C1. The van der Waals surface area contributed by atoms with Crippen LogP contribution in [0.15, 0.2) is 48.0 Å². The van der Waals surface area contributed by atoms with Gasteiger partial charge in [-0.2, -0.15) is 0 Å². The number of aromatic amines is 1. The lowest BCUT2D eigenvalue weighted by atomic mass is 9.76. The van der Waals surface area contributed by atoms with Gasteiger partial charge < -0.3 is 36.5 Å². The number of hydrogen-bond donors (Lipinski definition) is 7. The van der Waals surface area contributed by atoms with Crippen LogP contribution in [0.25, 0.3) is 0 Å². The molecule has 1 aromatic heterocycles. The van der Waals surface area contributed by atoms with Crippen LogP contribution in [-0.4, -0.2) is 61.5 Å². The van der Waals surface area contributed by atoms with Crippen LogP contribution < -0.4 is 11.1 Å². The third kappa shape index (κ3) is 13.6. The van der Waals surface area contributed by atoms with Crippen molar-refractivity contribution in [3.63, 3.8) is 0 Å². The molecule has 1 aromatic rings. The topological polar surface area (TPSA) is 169 Å². The van der Waals surface area contributed by atoms with E-state index in [1.165, 1.54) is 30.4 Å². The number of ketones is 1. The lowest BCUT2D eigenvalue weighted by molar-refractivity contribution is -0.146. The van der Waals surface area contributed by atoms with E-state index in [9.17, 15) is 30.0 Å². The number of aromatic nitrogens is 1. The molecule has 320 valence electrons. The molecule has 0 aromatic carbocycles. The Morgan fingerprint density at radius 3 is 2.51 bits per heavy atom. The van der Waals surface area contributed by atoms with Crippen molar-refractivity contribution in [2.45, 2.75) is 179 Å². The number of carboxylic acid groups (broad SMARTS) is 1. The summed E-state index contributed by atoms with van der Waals surface area (Å²) in [6, 6.07) is 2.26. The summed E-state index contributed by atoms with van der Waals surface area (Å²) >= 11 is 0. The highest BCUT2D eigenvalue weighted by molar-refractivity contribution is 5.79. The quantitative estimate of drug-likeness (QED) is 0.0426. The first-order chi connectivity index (χ1) is 27.3. The van der Waals surface area contributed by atoms with E-state index in [4.69, 9.17) is 5.73 Å². The number of H-pyrrole nitrogens is 1. The Morgan fingerprint density at radius 2 is 1.79 bits per heavy atom. The molecule has 9 heteroatoms. The highest BCUT2D eigenvalue weighted by Gasteiger charge is 2.46. The molecule has 3 aliphatic carbocycles. The van der Waals surface area contributed by atoms with Crippen LogP contribution in [0, 0.1) is 41.4 Å². The van der Waals surface area contributed by atoms with Crippen molar-refractivity contribution in [2.75, 3.05) is 6.54 Å². The summed E-state index contributed by atoms with van der Waals surface area (Å²) in [6.07, 6.45) is 27.0. The molecule has 0 radical (unpaired) electrons. The van der Waals surface area contributed by atoms with E-state index in [0.29, 0.717) is 73.9 Å². The molecule has 57 heavy (non-hydrogen) atoms. The maximum absolute atomic E-state index is 12.4. The second-order valence-electron chi connectivity index (χ2n) is 19.0. The van der Waals surface area contributed by atoms with Crippen LogP contribution in [-0.2, 0) is 16.0 Å². The van der Waals surface area contributed by atoms with Gasteiger partial charge in [-0.1, -0.05) is 77.5 Å². The van der Waals surface area contributed by atoms with E-state index in [-0.39, 0.29) is 30.3 Å². The molecule has 2 saturated carbocycles. The van der Waals surface area contributed by atoms with Crippen molar-refractivity contribution < 1.29 is 30.0 Å². The minimum absolute atomic E-state index is 0.0297. The summed E-state index contributed by atoms with van der Waals surface area (Å²) in [5.74, 6) is 1.64. The van der Waals surface area contributed by atoms with Gasteiger partial charge in [-0.15, -0.1) is 0 Å². The summed E-state index contributed by atoms with van der Waals surface area (Å²) < 4.78 is 0. The molecule has 5 rings (SSSR count). The zero-order valence-corrected chi connectivity index (χ0v) is 35.5. The number of hydrogen-bond acceptors (Lipinski definition) is 7. The van der Waals surface area contributed by atoms with Gasteiger partial charge in [0.2, 0.25) is 0 Å². The van der Waals surface area contributed by atoms with E-state index in [2.05, 4.69) is 61.6 Å². The number of rotatable bonds is 23. The maximum atomic E-state index is 12.4. The molecule has 2 heterocycles. The smallest absolute Gasteiger partial charge is 0.309 e. The van der Waals surface area contributed by atoms with E-state index in [1.807, 2.05) is 6.08 Å². The predicted octanol–water partition coefficient (Wildman–Crippen LogP) is 8.85. The van der Waals surface area contributed by atoms with Gasteiger partial charge in [0, 0.05) is 37.2 Å². The lowest BCUT2D eigenvalue weighted by Crippen LogP contribution is -2.37. The molecule has 8 N–H and O–H groups in total. The summed E-state index contributed by atoms with van der Waals surface area (Å²) in [6.45, 7) is 7.53. The minimum Gasteiger partial charge on any atom is -0.481 e. The Hall–Kier alpha value is -2.88. The minimum atomic E-state index is -1.03. The van der Waals surface area contributed by atoms with Gasteiger partial charge in [0.1, 0.15) is 5.78 Å². The van der Waals surface area contributed by atoms with Crippen LogP contribution >= 0.6 is 0 Å². The van der Waals surface area contributed by atoms with Crippen molar-refractivity contribution in [3.8, 4) is 0 Å². The number of allylic oxidation sites excluding steroid dienone is 3. The standard InChI is InChI=1S/C48H77N3O6/c1-4-5-7-10-34-13-14-38(45(54)26-34)11-8-6-9-12-43(47(55)56)44(53)19-21-48(57)30-36(24-35-20-22-50-46(49)27-35)25-40(48)29-41-28-39(31-51-41)33(3)23-32(2)37-15-17-42(52)18-16-37/h13-14,20,27-28,31-34,36-38,40,43-45,50-51,53-54,57H,4-12,15-19,21-26,29-30,49H2,1-3H3,(H,55,56). The molecule has 0 amide bonds. The molecule has 0 saturated heterocycles. The molecule has 0 spiro atoms. The number of nitrogens with one attached hydrogen (secondary N) is 2. The fourth-order valence-corrected chi connectivity index (χ4v) is 10.9. The van der Waals surface area contributed by atoms with Gasteiger partial charge in [-0.05, 0) is 142 Å². The zero-order valence-electron chi connectivity index (χ0n) is 35.5. The number of carboxylic acids is 1. The second kappa shape index (κ2) is 21.9. The molecule has 10 atom stereocenters. The summed E-state index contributed by atoms with van der Waals surface area (Å²) in [7, 11) is 0. The monoisotopic (exact) mass is 792 g/mol. The lowest BCUT2D eigenvalue weighted by Gasteiger charge is -2.32. The molecular weight excluding hydrogens is 715 g/mol. The first kappa shape index (κ1) is 45.2. The predicted molar refractivity (Wildman–Crippen MR) is 228 cm³/mol. The fourth-order valence-electron chi connectivity index (χ4n) is 10.9. The molecule has 1 aliphatic heterocycles. The number of aliphatic hydroxyl groups excluding tert-OH is 2. The van der Waals surface area contributed by atoms with Crippen molar-refractivity contribution in [3.05, 3.63) is 59.2 Å². The molecule has 10 unspecified atom stereocenters. The first-order valence-corrected chi connectivity index (χ1v) is 22.9. The van der Waals surface area contributed by atoms with Gasteiger partial charge in [0.05, 0.1) is 29.5 Å². The Bertz CT molecular complexity index is 1510. The Balaban J connectivity index is 1.14. The van der Waals surface area contributed by atoms with Crippen LogP contribution in [0.1, 0.15) is 166 Å². The Kier molecular flexibility index (Phi) is 17.4. The zero-order chi connectivity index (χ0) is 41.0. The Labute approximate surface area is 343 Å². The van der Waals surface area contributed by atoms with Crippen LogP contribution in [0.4, 0.5) is 0 Å². The van der Waals surface area contributed by atoms with Gasteiger partial charge >= 0.3 is 5.97 Å². The number of carbonyl (C=O) groups excluding carboxylic acids is 1. The van der Waals surface area contributed by atoms with E-state index >= 15 is 0 Å². The summed E-state index contributed by atoms with van der Waals surface area (Å²) in [4.78, 5) is 27.7. The molecule has 4 aliphatic rings. The van der Waals surface area contributed by atoms with Crippen molar-refractivity contribution in [1.82, 2.24) is 10.3 Å². The molecule has 0 bridgehead atoms. The number of carbonyl (C=O) groups is 2. The van der Waals surface area contributed by atoms with Gasteiger partial charge in [-0.25, -0.2) is 0 Å². The largest absolute Gasteiger partial charge is 0.481 e. The molecular formula is C48H77N3O6. The fraction of sp³-hybridized carbons (Fsp3) is 0.750. The number of unbranched alkanes of at least 4 members (excludes halogenated alkanes) is 4. The van der Waals surface area contributed by atoms with Crippen LogP contribution in [0.5, 0.6) is 0 Å². The van der Waals surface area contributed by atoms with Gasteiger partial charge in [-0.3, -0.25) is 9.59 Å². The van der Waals surface area contributed by atoms with E-state index < -0.39 is 23.6 Å². The van der Waals surface area contributed by atoms with Crippen molar-refractivity contribution in [1.29, 1.82) is 0 Å². The third-order valence-corrected chi connectivity index (χ3v) is 14.5.